The first kappa shape index (κ1) is 18.3. The lowest BCUT2D eigenvalue weighted by molar-refractivity contribution is 0.102. The van der Waals surface area contributed by atoms with Crippen molar-refractivity contribution in [3.05, 3.63) is 52.5 Å². The highest BCUT2D eigenvalue weighted by Crippen LogP contribution is 2.28. The van der Waals surface area contributed by atoms with Crippen LogP contribution >= 0.6 is 11.6 Å². The number of aryl methyl sites for hydroxylation is 1. The van der Waals surface area contributed by atoms with Crippen LogP contribution < -0.4 is 14.8 Å². The summed E-state index contributed by atoms with van der Waals surface area (Å²) in [4.78, 5) is 12.6. The van der Waals surface area contributed by atoms with E-state index in [0.29, 0.717) is 10.7 Å². The van der Waals surface area contributed by atoms with E-state index in [9.17, 15) is 13.2 Å². The first-order valence-electron chi connectivity index (χ1n) is 6.98. The molecule has 0 radical (unpaired) electrons. The van der Waals surface area contributed by atoms with E-state index in [2.05, 4.69) is 10.0 Å². The van der Waals surface area contributed by atoms with Gasteiger partial charge in [-0.05, 0) is 43.8 Å². The molecule has 0 aliphatic heterocycles. The number of anilines is 1. The number of halogens is 1. The van der Waals surface area contributed by atoms with Gasteiger partial charge in [-0.2, -0.15) is 0 Å². The Morgan fingerprint density at radius 1 is 1.21 bits per heavy atom. The highest BCUT2D eigenvalue weighted by Gasteiger charge is 2.19. The smallest absolute Gasteiger partial charge is 0.259 e. The van der Waals surface area contributed by atoms with E-state index in [-0.39, 0.29) is 16.2 Å². The molecule has 2 aromatic rings. The Labute approximate surface area is 145 Å². The minimum atomic E-state index is -3.68. The molecule has 0 heterocycles. The van der Waals surface area contributed by atoms with Gasteiger partial charge in [-0.15, -0.1) is 0 Å². The molecule has 0 saturated heterocycles. The van der Waals surface area contributed by atoms with E-state index in [4.69, 9.17) is 16.3 Å². The van der Waals surface area contributed by atoms with E-state index in [1.807, 2.05) is 0 Å². The molecule has 8 heteroatoms. The molecular weight excluding hydrogens is 352 g/mol. The average Bonchev–Trinajstić information content (AvgIpc) is 2.57. The van der Waals surface area contributed by atoms with Crippen molar-refractivity contribution in [2.75, 3.05) is 19.5 Å². The molecule has 0 aliphatic rings. The van der Waals surface area contributed by atoms with E-state index < -0.39 is 15.9 Å². The number of hydrogen-bond donors (Lipinski definition) is 2. The Bertz CT molecular complexity index is 861. The molecule has 0 atom stereocenters. The number of carbonyl (C=O) groups is 1. The van der Waals surface area contributed by atoms with Crippen molar-refractivity contribution in [3.8, 4) is 5.75 Å². The van der Waals surface area contributed by atoms with Crippen molar-refractivity contribution >= 4 is 33.2 Å². The third-order valence-corrected chi connectivity index (χ3v) is 5.18. The lowest BCUT2D eigenvalue weighted by atomic mass is 10.1. The Balaban J connectivity index is 2.46. The van der Waals surface area contributed by atoms with Crippen molar-refractivity contribution in [3.63, 3.8) is 0 Å². The molecule has 128 valence electrons. The van der Waals surface area contributed by atoms with Gasteiger partial charge in [-0.3, -0.25) is 4.79 Å². The van der Waals surface area contributed by atoms with Crippen molar-refractivity contribution in [1.82, 2.24) is 4.72 Å². The summed E-state index contributed by atoms with van der Waals surface area (Å²) >= 11 is 6.11. The van der Waals surface area contributed by atoms with Crippen LogP contribution in [-0.2, 0) is 10.0 Å². The number of benzene rings is 2. The molecule has 6 nitrogen and oxygen atoms in total. The van der Waals surface area contributed by atoms with Gasteiger partial charge in [0.1, 0.15) is 5.75 Å². The van der Waals surface area contributed by atoms with E-state index in [1.165, 1.54) is 32.4 Å². The third-order valence-electron chi connectivity index (χ3n) is 3.46. The van der Waals surface area contributed by atoms with Crippen molar-refractivity contribution in [2.45, 2.75) is 11.8 Å². The molecule has 1 amide bonds. The maximum Gasteiger partial charge on any atom is 0.259 e. The summed E-state index contributed by atoms with van der Waals surface area (Å²) in [7, 11) is -0.980. The molecule has 2 aromatic carbocycles. The number of amides is 1. The van der Waals surface area contributed by atoms with Crippen LogP contribution in [0, 0.1) is 6.92 Å². The largest absolute Gasteiger partial charge is 0.496 e. The van der Waals surface area contributed by atoms with Gasteiger partial charge in [-0.25, -0.2) is 13.1 Å². The Morgan fingerprint density at radius 3 is 2.50 bits per heavy atom. The molecule has 0 aliphatic carbocycles. The fourth-order valence-corrected chi connectivity index (χ4v) is 3.15. The maximum atomic E-state index is 12.6. The average molecular weight is 369 g/mol. The van der Waals surface area contributed by atoms with Crippen LogP contribution in [0.1, 0.15) is 15.9 Å². The first-order valence-corrected chi connectivity index (χ1v) is 8.84. The standard InChI is InChI=1S/C16H17ClN2O4S/c1-10-5-4-6-13(17)15(10)19-16(20)12-9-11(24(21,22)18-2)7-8-14(12)23-3/h4-9,18H,1-3H3,(H,19,20). The van der Waals surface area contributed by atoms with Crippen LogP contribution in [-0.4, -0.2) is 28.5 Å². The summed E-state index contributed by atoms with van der Waals surface area (Å²) in [6.07, 6.45) is 0. The third kappa shape index (κ3) is 3.69. The van der Waals surface area contributed by atoms with Gasteiger partial charge in [0.2, 0.25) is 10.0 Å². The van der Waals surface area contributed by atoms with Crippen molar-refractivity contribution in [1.29, 1.82) is 0 Å². The van der Waals surface area contributed by atoms with Gasteiger partial charge < -0.3 is 10.1 Å². The Hall–Kier alpha value is -2.09. The molecular formula is C16H17ClN2O4S. The molecule has 0 aromatic heterocycles. The number of hydrogen-bond acceptors (Lipinski definition) is 4. The van der Waals surface area contributed by atoms with Gasteiger partial charge in [-0.1, -0.05) is 23.7 Å². The van der Waals surface area contributed by atoms with Gasteiger partial charge in [0, 0.05) is 0 Å². The lowest BCUT2D eigenvalue weighted by Gasteiger charge is -2.13. The number of nitrogens with one attached hydrogen (secondary N) is 2. The van der Waals surface area contributed by atoms with Crippen LogP contribution in [0.5, 0.6) is 5.75 Å². The summed E-state index contributed by atoms with van der Waals surface area (Å²) in [5.74, 6) is -0.261. The number of rotatable bonds is 5. The van der Waals surface area contributed by atoms with Crippen LogP contribution in [0.25, 0.3) is 0 Å². The quantitative estimate of drug-likeness (QED) is 0.849. The Morgan fingerprint density at radius 2 is 1.92 bits per heavy atom. The van der Waals surface area contributed by atoms with Crippen LogP contribution in [0.4, 0.5) is 5.69 Å². The van der Waals surface area contributed by atoms with E-state index in [0.717, 1.165) is 5.56 Å². The summed E-state index contributed by atoms with van der Waals surface area (Å²) in [5, 5.41) is 3.09. The first-order chi connectivity index (χ1) is 11.3. The van der Waals surface area contributed by atoms with Crippen LogP contribution in [0.3, 0.4) is 0 Å². The van der Waals surface area contributed by atoms with Crippen LogP contribution in [0.2, 0.25) is 5.02 Å². The molecule has 0 unspecified atom stereocenters. The number of sulfonamides is 1. The van der Waals surface area contributed by atoms with E-state index >= 15 is 0 Å². The molecule has 0 spiro atoms. The number of ether oxygens (including phenoxy) is 1. The predicted octanol–water partition coefficient (Wildman–Crippen LogP) is 2.82. The minimum Gasteiger partial charge on any atom is -0.496 e. The molecule has 2 rings (SSSR count). The van der Waals surface area contributed by atoms with Crippen molar-refractivity contribution < 1.29 is 17.9 Å². The summed E-state index contributed by atoms with van der Waals surface area (Å²) < 4.78 is 31.2. The monoisotopic (exact) mass is 368 g/mol. The second kappa shape index (κ2) is 7.21. The summed E-state index contributed by atoms with van der Waals surface area (Å²) in [6.45, 7) is 1.81. The van der Waals surface area contributed by atoms with Crippen molar-refractivity contribution in [2.24, 2.45) is 0 Å². The molecule has 0 saturated carbocycles. The number of para-hydroxylation sites is 1. The zero-order valence-corrected chi connectivity index (χ0v) is 15.0. The molecule has 2 N–H and O–H groups in total. The van der Waals surface area contributed by atoms with Gasteiger partial charge in [0.25, 0.3) is 5.91 Å². The molecule has 0 fully saturated rings. The lowest BCUT2D eigenvalue weighted by Crippen LogP contribution is -2.20. The fraction of sp³-hybridized carbons (Fsp3) is 0.188. The normalized spacial score (nSPS) is 11.2. The number of carbonyl (C=O) groups excluding carboxylic acids is 1. The minimum absolute atomic E-state index is 0.0353. The second-order valence-corrected chi connectivity index (χ2v) is 7.25. The number of methoxy groups -OCH3 is 1. The fourth-order valence-electron chi connectivity index (χ4n) is 2.12. The topological polar surface area (TPSA) is 84.5 Å². The highest BCUT2D eigenvalue weighted by atomic mass is 35.5. The summed E-state index contributed by atoms with van der Waals surface area (Å²) in [5.41, 5.74) is 1.34. The zero-order chi connectivity index (χ0) is 17.9. The summed E-state index contributed by atoms with van der Waals surface area (Å²) in [6, 6.07) is 9.28. The predicted molar refractivity (Wildman–Crippen MR) is 93.4 cm³/mol. The highest BCUT2D eigenvalue weighted by molar-refractivity contribution is 7.89. The Kier molecular flexibility index (Phi) is 5.48. The SMILES string of the molecule is CNS(=O)(=O)c1ccc(OC)c(C(=O)Nc2c(C)cccc2Cl)c1. The van der Waals surface area contributed by atoms with Gasteiger partial charge in [0.15, 0.2) is 0 Å². The van der Waals surface area contributed by atoms with Crippen LogP contribution in [0.15, 0.2) is 41.3 Å². The molecule has 0 bridgehead atoms. The van der Waals surface area contributed by atoms with E-state index in [1.54, 1.807) is 25.1 Å². The maximum absolute atomic E-state index is 12.6. The van der Waals surface area contributed by atoms with Gasteiger partial charge in [0.05, 0.1) is 28.3 Å². The van der Waals surface area contributed by atoms with Gasteiger partial charge >= 0.3 is 0 Å². The second-order valence-electron chi connectivity index (χ2n) is 4.96. The molecule has 24 heavy (non-hydrogen) atoms. The zero-order valence-electron chi connectivity index (χ0n) is 13.4.